The molecular weight excluding hydrogens is 339 g/mol. The summed E-state index contributed by atoms with van der Waals surface area (Å²) in [6.45, 7) is 1.48. The van der Waals surface area contributed by atoms with Crippen LogP contribution in [0.5, 0.6) is 0 Å². The van der Waals surface area contributed by atoms with Crippen molar-refractivity contribution in [3.05, 3.63) is 71.7 Å². The van der Waals surface area contributed by atoms with Crippen LogP contribution in [0, 0.1) is 5.82 Å². The second kappa shape index (κ2) is 7.44. The average Bonchev–Trinajstić information content (AvgIpc) is 2.91. The number of nitrogens with zero attached hydrogens (tertiary/aromatic N) is 2. The summed E-state index contributed by atoms with van der Waals surface area (Å²) >= 11 is 1.19. The number of ketones is 1. The van der Waals surface area contributed by atoms with Gasteiger partial charge in [0.25, 0.3) is 5.91 Å². The van der Waals surface area contributed by atoms with Crippen molar-refractivity contribution in [3.8, 4) is 0 Å². The Morgan fingerprint density at radius 1 is 1.16 bits per heavy atom. The molecule has 0 bridgehead atoms. The maximum Gasteiger partial charge on any atom is 0.283 e. The molecule has 0 aromatic heterocycles. The molecule has 25 heavy (non-hydrogen) atoms. The summed E-state index contributed by atoms with van der Waals surface area (Å²) in [7, 11) is 0. The van der Waals surface area contributed by atoms with Crippen LogP contribution in [0.4, 0.5) is 10.1 Å². The third-order valence-corrected chi connectivity index (χ3v) is 4.50. The van der Waals surface area contributed by atoms with Crippen LogP contribution in [-0.4, -0.2) is 22.6 Å². The Bertz CT molecular complexity index is 861. The standard InChI is InChI=1S/C19H15FN2O2S/c1-13(23)12-25-19-21-17(11-14-5-3-2-4-6-14)18(24)22(19)16-9-7-15(20)8-10-16/h2-11H,12H2,1H3/b17-11-. The lowest BCUT2D eigenvalue weighted by Gasteiger charge is -2.17. The highest BCUT2D eigenvalue weighted by atomic mass is 32.2. The van der Waals surface area contributed by atoms with Gasteiger partial charge in [-0.3, -0.25) is 14.5 Å². The predicted octanol–water partition coefficient (Wildman–Crippen LogP) is 3.89. The van der Waals surface area contributed by atoms with E-state index in [4.69, 9.17) is 0 Å². The van der Waals surface area contributed by atoms with E-state index in [2.05, 4.69) is 4.99 Å². The molecule has 0 aliphatic carbocycles. The molecule has 6 heteroatoms. The van der Waals surface area contributed by atoms with Crippen LogP contribution in [0.2, 0.25) is 0 Å². The van der Waals surface area contributed by atoms with Gasteiger partial charge in [-0.2, -0.15) is 0 Å². The van der Waals surface area contributed by atoms with E-state index < -0.39 is 0 Å². The summed E-state index contributed by atoms with van der Waals surface area (Å²) in [5, 5.41) is 0.411. The van der Waals surface area contributed by atoms with Crippen LogP contribution in [0.1, 0.15) is 12.5 Å². The first-order valence-corrected chi connectivity index (χ1v) is 8.61. The number of hydrogen-bond acceptors (Lipinski definition) is 4. The van der Waals surface area contributed by atoms with E-state index in [1.54, 1.807) is 6.08 Å². The van der Waals surface area contributed by atoms with E-state index >= 15 is 0 Å². The second-order valence-corrected chi connectivity index (χ2v) is 6.38. The third-order valence-electron chi connectivity index (χ3n) is 3.42. The number of Topliss-reactive ketones (excluding diaryl/α,β-unsaturated/α-hetero) is 1. The number of aliphatic imine (C=N–C) groups is 1. The van der Waals surface area contributed by atoms with Crippen molar-refractivity contribution < 1.29 is 14.0 Å². The number of anilines is 1. The van der Waals surface area contributed by atoms with Crippen LogP contribution < -0.4 is 4.90 Å². The molecule has 1 aliphatic heterocycles. The van der Waals surface area contributed by atoms with Crippen molar-refractivity contribution in [2.75, 3.05) is 10.7 Å². The first-order chi connectivity index (χ1) is 12.0. The number of benzene rings is 2. The summed E-state index contributed by atoms with van der Waals surface area (Å²) in [5.41, 5.74) is 1.64. The first-order valence-electron chi connectivity index (χ1n) is 7.62. The number of halogens is 1. The number of amidine groups is 1. The molecule has 0 N–H and O–H groups in total. The van der Waals surface area contributed by atoms with Gasteiger partial charge in [0, 0.05) is 0 Å². The van der Waals surface area contributed by atoms with Crippen molar-refractivity contribution in [2.24, 2.45) is 4.99 Å². The molecule has 126 valence electrons. The normalized spacial score (nSPS) is 15.6. The monoisotopic (exact) mass is 354 g/mol. The Kier molecular flexibility index (Phi) is 5.09. The molecule has 0 radical (unpaired) electrons. The number of rotatable bonds is 4. The lowest BCUT2D eigenvalue weighted by Crippen LogP contribution is -2.30. The summed E-state index contributed by atoms with van der Waals surface area (Å²) in [4.78, 5) is 29.9. The number of carbonyl (C=O) groups is 2. The Balaban J connectivity index is 1.97. The fourth-order valence-corrected chi connectivity index (χ4v) is 3.10. The zero-order chi connectivity index (χ0) is 17.8. The number of hydrogen-bond donors (Lipinski definition) is 0. The highest BCUT2D eigenvalue weighted by molar-refractivity contribution is 8.14. The predicted molar refractivity (Wildman–Crippen MR) is 98.9 cm³/mol. The molecule has 4 nitrogen and oxygen atoms in total. The Morgan fingerprint density at radius 2 is 1.84 bits per heavy atom. The van der Waals surface area contributed by atoms with Crippen LogP contribution >= 0.6 is 11.8 Å². The summed E-state index contributed by atoms with van der Waals surface area (Å²) in [6.07, 6.45) is 1.69. The van der Waals surface area contributed by atoms with E-state index in [0.717, 1.165) is 5.56 Å². The Hall–Kier alpha value is -2.73. The molecule has 2 aromatic rings. The smallest absolute Gasteiger partial charge is 0.283 e. The molecule has 1 aliphatic rings. The van der Waals surface area contributed by atoms with Gasteiger partial charge in [-0.1, -0.05) is 42.1 Å². The van der Waals surface area contributed by atoms with Crippen LogP contribution in [0.3, 0.4) is 0 Å². The van der Waals surface area contributed by atoms with Gasteiger partial charge in [0.2, 0.25) is 0 Å². The van der Waals surface area contributed by atoms with Crippen molar-refractivity contribution >= 4 is 40.4 Å². The van der Waals surface area contributed by atoms with Crippen molar-refractivity contribution in [3.63, 3.8) is 0 Å². The van der Waals surface area contributed by atoms with E-state index in [0.29, 0.717) is 10.9 Å². The fourth-order valence-electron chi connectivity index (χ4n) is 2.28. The molecular formula is C19H15FN2O2S. The summed E-state index contributed by atoms with van der Waals surface area (Å²) in [5.74, 6) is -0.492. The van der Waals surface area contributed by atoms with Gasteiger partial charge < -0.3 is 0 Å². The second-order valence-electron chi connectivity index (χ2n) is 5.44. The average molecular weight is 354 g/mol. The Labute approximate surface area is 149 Å². The van der Waals surface area contributed by atoms with Gasteiger partial charge in [-0.25, -0.2) is 9.38 Å². The maximum atomic E-state index is 13.2. The van der Waals surface area contributed by atoms with Gasteiger partial charge in [0.15, 0.2) is 5.17 Å². The van der Waals surface area contributed by atoms with E-state index in [1.807, 2.05) is 30.3 Å². The molecule has 0 fully saturated rings. The van der Waals surface area contributed by atoms with Crippen molar-refractivity contribution in [1.82, 2.24) is 0 Å². The molecule has 0 unspecified atom stereocenters. The van der Waals surface area contributed by atoms with Crippen molar-refractivity contribution in [1.29, 1.82) is 0 Å². The molecule has 3 rings (SSSR count). The zero-order valence-corrected chi connectivity index (χ0v) is 14.3. The van der Waals surface area contributed by atoms with Crippen LogP contribution in [-0.2, 0) is 9.59 Å². The number of amides is 1. The number of carbonyl (C=O) groups excluding carboxylic acids is 2. The highest BCUT2D eigenvalue weighted by Crippen LogP contribution is 2.29. The first kappa shape index (κ1) is 17.1. The van der Waals surface area contributed by atoms with Gasteiger partial charge in [-0.05, 0) is 42.8 Å². The minimum atomic E-state index is -0.384. The lowest BCUT2D eigenvalue weighted by molar-refractivity contribution is -0.115. The van der Waals surface area contributed by atoms with E-state index in [-0.39, 0.29) is 29.0 Å². The molecule has 2 aromatic carbocycles. The molecule has 0 saturated carbocycles. The largest absolute Gasteiger partial charge is 0.299 e. The molecule has 1 amide bonds. The SMILES string of the molecule is CC(=O)CSC1=N/C(=C\c2ccccc2)C(=O)N1c1ccc(F)cc1. The van der Waals surface area contributed by atoms with Gasteiger partial charge in [0.1, 0.15) is 17.3 Å². The fraction of sp³-hybridized carbons (Fsp3) is 0.105. The zero-order valence-electron chi connectivity index (χ0n) is 13.5. The maximum absolute atomic E-state index is 13.2. The Morgan fingerprint density at radius 3 is 2.48 bits per heavy atom. The molecule has 0 saturated heterocycles. The number of thioether (sulfide) groups is 1. The van der Waals surface area contributed by atoms with Gasteiger partial charge in [-0.15, -0.1) is 0 Å². The minimum absolute atomic E-state index is 0.0142. The quantitative estimate of drug-likeness (QED) is 0.783. The highest BCUT2D eigenvalue weighted by Gasteiger charge is 2.32. The topological polar surface area (TPSA) is 49.7 Å². The third kappa shape index (κ3) is 4.03. The van der Waals surface area contributed by atoms with Crippen molar-refractivity contribution in [2.45, 2.75) is 6.92 Å². The lowest BCUT2D eigenvalue weighted by atomic mass is 10.2. The summed E-state index contributed by atoms with van der Waals surface area (Å²) in [6, 6.07) is 15.0. The van der Waals surface area contributed by atoms with Crippen LogP contribution in [0.25, 0.3) is 6.08 Å². The van der Waals surface area contributed by atoms with Crippen LogP contribution in [0.15, 0.2) is 65.3 Å². The van der Waals surface area contributed by atoms with E-state index in [1.165, 1.54) is 47.9 Å². The molecule has 0 atom stereocenters. The molecule has 0 spiro atoms. The summed E-state index contributed by atoms with van der Waals surface area (Å²) < 4.78 is 13.2. The van der Waals surface area contributed by atoms with E-state index in [9.17, 15) is 14.0 Å². The molecule has 1 heterocycles. The minimum Gasteiger partial charge on any atom is -0.299 e. The van der Waals surface area contributed by atoms with Gasteiger partial charge in [0.05, 0.1) is 11.4 Å². The van der Waals surface area contributed by atoms with Gasteiger partial charge >= 0.3 is 0 Å².